The first-order chi connectivity index (χ1) is 15.0. The van der Waals surface area contributed by atoms with E-state index in [0.29, 0.717) is 0 Å². The van der Waals surface area contributed by atoms with Gasteiger partial charge in [0.25, 0.3) is 0 Å². The molecule has 2 saturated heterocycles. The molecular formula is C24H29IO7. The van der Waals surface area contributed by atoms with E-state index in [1.165, 1.54) is 6.92 Å². The van der Waals surface area contributed by atoms with Crippen LogP contribution in [0.15, 0.2) is 24.3 Å². The average Bonchev–Trinajstić information content (AvgIpc) is 3.17. The van der Waals surface area contributed by atoms with E-state index in [2.05, 4.69) is 28.5 Å². The Morgan fingerprint density at radius 1 is 1.22 bits per heavy atom. The molecule has 3 rings (SSSR count). The summed E-state index contributed by atoms with van der Waals surface area (Å²) in [6.45, 7) is 8.43. The summed E-state index contributed by atoms with van der Waals surface area (Å²) in [5.74, 6) is 0.751. The number of esters is 1. The van der Waals surface area contributed by atoms with Crippen LogP contribution in [-0.4, -0.2) is 54.9 Å². The van der Waals surface area contributed by atoms with Crippen molar-refractivity contribution in [3.8, 4) is 12.3 Å². The fourth-order valence-electron chi connectivity index (χ4n) is 4.02. The number of ether oxygens (including phenoxy) is 5. The summed E-state index contributed by atoms with van der Waals surface area (Å²) in [7, 11) is 0. The van der Waals surface area contributed by atoms with E-state index in [1.807, 2.05) is 31.2 Å². The van der Waals surface area contributed by atoms with E-state index in [9.17, 15) is 9.59 Å². The Morgan fingerprint density at radius 2 is 1.88 bits per heavy atom. The van der Waals surface area contributed by atoms with Crippen molar-refractivity contribution in [2.75, 3.05) is 13.2 Å². The molecule has 2 fully saturated rings. The van der Waals surface area contributed by atoms with Crippen LogP contribution in [0.25, 0.3) is 0 Å². The van der Waals surface area contributed by atoms with Gasteiger partial charge in [-0.25, -0.2) is 4.79 Å². The minimum absolute atomic E-state index is 0.0322. The summed E-state index contributed by atoms with van der Waals surface area (Å²) in [6, 6.07) is 7.51. The Balaban J connectivity index is 1.86. The van der Waals surface area contributed by atoms with Gasteiger partial charge in [-0.05, 0) is 74.9 Å². The van der Waals surface area contributed by atoms with Gasteiger partial charge in [0.2, 0.25) is 5.60 Å². The molecule has 0 radical (unpaired) electrons. The second kappa shape index (κ2) is 9.39. The van der Waals surface area contributed by atoms with Crippen molar-refractivity contribution in [3.63, 3.8) is 0 Å². The fraction of sp³-hybridized carbons (Fsp3) is 0.583. The normalized spacial score (nSPS) is 30.2. The van der Waals surface area contributed by atoms with Gasteiger partial charge in [-0.1, -0.05) is 18.1 Å². The summed E-state index contributed by atoms with van der Waals surface area (Å²) in [4.78, 5) is 25.8. The number of ketones is 1. The molecule has 0 aliphatic carbocycles. The highest BCUT2D eigenvalue weighted by Crippen LogP contribution is 2.48. The van der Waals surface area contributed by atoms with Crippen LogP contribution in [0.3, 0.4) is 0 Å². The number of halogens is 1. The first kappa shape index (κ1) is 25.1. The van der Waals surface area contributed by atoms with E-state index in [-0.39, 0.29) is 19.6 Å². The lowest BCUT2D eigenvalue weighted by Crippen LogP contribution is -2.53. The first-order valence-electron chi connectivity index (χ1n) is 10.5. The molecule has 5 atom stereocenters. The minimum atomic E-state index is -1.82. The van der Waals surface area contributed by atoms with E-state index in [4.69, 9.17) is 30.1 Å². The lowest BCUT2D eigenvalue weighted by Gasteiger charge is -2.34. The third-order valence-electron chi connectivity index (χ3n) is 5.95. The van der Waals surface area contributed by atoms with Gasteiger partial charge in [-0.2, -0.15) is 0 Å². The van der Waals surface area contributed by atoms with Gasteiger partial charge in [0.05, 0.1) is 18.6 Å². The zero-order chi connectivity index (χ0) is 23.7. The lowest BCUT2D eigenvalue weighted by atomic mass is 9.81. The van der Waals surface area contributed by atoms with Crippen molar-refractivity contribution < 1.29 is 33.3 Å². The number of carbonyl (C=O) groups excluding carboxylic acids is 2. The predicted molar refractivity (Wildman–Crippen MR) is 124 cm³/mol. The zero-order valence-electron chi connectivity index (χ0n) is 19.0. The molecule has 2 aliphatic rings. The maximum absolute atomic E-state index is 13.0. The number of fused-ring (bicyclic) bond motifs is 1. The quantitative estimate of drug-likeness (QED) is 0.211. The molecule has 1 aromatic carbocycles. The number of rotatable bonds is 8. The van der Waals surface area contributed by atoms with Gasteiger partial charge in [-0.3, -0.25) is 4.79 Å². The molecule has 174 valence electrons. The van der Waals surface area contributed by atoms with Gasteiger partial charge in [-0.15, -0.1) is 6.42 Å². The van der Waals surface area contributed by atoms with E-state index in [1.54, 1.807) is 20.8 Å². The molecule has 2 aliphatic heterocycles. The van der Waals surface area contributed by atoms with Crippen molar-refractivity contribution in [2.24, 2.45) is 5.41 Å². The van der Waals surface area contributed by atoms with E-state index < -0.39 is 47.1 Å². The average molecular weight is 556 g/mol. The fourth-order valence-corrected chi connectivity index (χ4v) is 4.38. The van der Waals surface area contributed by atoms with Crippen molar-refractivity contribution >= 4 is 34.3 Å². The molecule has 1 unspecified atom stereocenters. The Morgan fingerprint density at radius 3 is 2.44 bits per heavy atom. The molecule has 8 heteroatoms. The maximum Gasteiger partial charge on any atom is 0.346 e. The topological polar surface area (TPSA) is 80.3 Å². The van der Waals surface area contributed by atoms with Gasteiger partial charge in [0, 0.05) is 9.99 Å². The molecule has 0 aromatic heterocycles. The molecular weight excluding hydrogens is 527 g/mol. The number of hydrogen-bond donors (Lipinski definition) is 0. The third-order valence-corrected chi connectivity index (χ3v) is 6.67. The second-order valence-electron chi connectivity index (χ2n) is 8.69. The van der Waals surface area contributed by atoms with Crippen molar-refractivity contribution in [1.29, 1.82) is 0 Å². The summed E-state index contributed by atoms with van der Waals surface area (Å²) < 4.78 is 30.2. The molecule has 0 bridgehead atoms. The highest BCUT2D eigenvalue weighted by molar-refractivity contribution is 14.1. The number of benzene rings is 1. The van der Waals surface area contributed by atoms with Gasteiger partial charge >= 0.3 is 5.97 Å². The van der Waals surface area contributed by atoms with Crippen LogP contribution in [0.5, 0.6) is 0 Å². The SMILES string of the molecule is C#C[C@@]1(C)[C@@H](COC(Cc2ccc(I)cc2)(C(C)=O)C(=O)OCC)O[C@@H]2OC(C)(C)O[C@@H]21. The second-order valence-corrected chi connectivity index (χ2v) is 9.94. The van der Waals surface area contributed by atoms with Crippen LogP contribution in [0.4, 0.5) is 0 Å². The number of hydrogen-bond acceptors (Lipinski definition) is 7. The molecule has 0 saturated carbocycles. The van der Waals surface area contributed by atoms with Crippen LogP contribution in [0, 0.1) is 21.3 Å². The monoisotopic (exact) mass is 556 g/mol. The smallest absolute Gasteiger partial charge is 0.346 e. The molecule has 0 N–H and O–H groups in total. The standard InChI is InChI=1S/C24H29IO7/c1-7-23(6)18(30-20-19(23)31-22(4,5)32-20)14-29-24(15(3)26,21(27)28-8-2)13-16-9-11-17(25)12-10-16/h1,9-12,18-20H,8,13-14H2,2-6H3/t18-,19+,20-,23+,24?/m1/s1. The van der Waals surface area contributed by atoms with Crippen LogP contribution in [0.2, 0.25) is 0 Å². The van der Waals surface area contributed by atoms with Crippen LogP contribution < -0.4 is 0 Å². The summed E-state index contributed by atoms with van der Waals surface area (Å²) in [5, 5.41) is 0. The third kappa shape index (κ3) is 4.73. The predicted octanol–water partition coefficient (Wildman–Crippen LogP) is 3.26. The highest BCUT2D eigenvalue weighted by atomic mass is 127. The molecule has 0 spiro atoms. The first-order valence-corrected chi connectivity index (χ1v) is 11.6. The largest absolute Gasteiger partial charge is 0.463 e. The highest BCUT2D eigenvalue weighted by Gasteiger charge is 2.61. The van der Waals surface area contributed by atoms with Crippen LogP contribution in [0.1, 0.15) is 40.2 Å². The van der Waals surface area contributed by atoms with Crippen molar-refractivity contribution in [3.05, 3.63) is 33.4 Å². The molecule has 2 heterocycles. The van der Waals surface area contributed by atoms with E-state index >= 15 is 0 Å². The molecule has 1 aromatic rings. The summed E-state index contributed by atoms with van der Waals surface area (Å²) in [5.41, 5.74) is -1.93. The van der Waals surface area contributed by atoms with Gasteiger partial charge in [0.1, 0.15) is 12.2 Å². The Kier molecular flexibility index (Phi) is 7.37. The van der Waals surface area contributed by atoms with E-state index in [0.717, 1.165) is 9.13 Å². The summed E-state index contributed by atoms with van der Waals surface area (Å²) >= 11 is 2.19. The molecule has 0 amide bonds. The van der Waals surface area contributed by atoms with Crippen LogP contribution in [-0.2, 0) is 39.7 Å². The Bertz CT molecular complexity index is 906. The number of Topliss-reactive ketones (excluding diaryl/α,β-unsaturated/α-hetero) is 1. The number of carbonyl (C=O) groups is 2. The molecule has 7 nitrogen and oxygen atoms in total. The minimum Gasteiger partial charge on any atom is -0.463 e. The molecule has 32 heavy (non-hydrogen) atoms. The Hall–Kier alpha value is -1.51. The summed E-state index contributed by atoms with van der Waals surface area (Å²) in [6.07, 6.45) is 4.09. The number of terminal acetylenes is 1. The van der Waals surface area contributed by atoms with Crippen LogP contribution >= 0.6 is 22.6 Å². The van der Waals surface area contributed by atoms with Crippen molar-refractivity contribution in [1.82, 2.24) is 0 Å². The Labute approximate surface area is 202 Å². The van der Waals surface area contributed by atoms with Crippen molar-refractivity contribution in [2.45, 2.75) is 70.9 Å². The van der Waals surface area contributed by atoms with Gasteiger partial charge < -0.3 is 23.7 Å². The maximum atomic E-state index is 13.0. The lowest BCUT2D eigenvalue weighted by molar-refractivity contribution is -0.224. The zero-order valence-corrected chi connectivity index (χ0v) is 21.1. The van der Waals surface area contributed by atoms with Gasteiger partial charge in [0.15, 0.2) is 17.9 Å².